The molecule has 0 saturated carbocycles. The summed E-state index contributed by atoms with van der Waals surface area (Å²) in [7, 11) is -1.84. The SMILES string of the molecule is C[C@H](C#CCO)[C@H](CCc1ccccc1)O[Si](C)(C)C(C)(C)C. The van der Waals surface area contributed by atoms with Crippen LogP contribution in [0.15, 0.2) is 30.3 Å². The van der Waals surface area contributed by atoms with E-state index in [0.29, 0.717) is 0 Å². The molecule has 128 valence electrons. The van der Waals surface area contributed by atoms with Crippen LogP contribution in [-0.4, -0.2) is 26.1 Å². The fourth-order valence-electron chi connectivity index (χ4n) is 2.22. The van der Waals surface area contributed by atoms with Crippen LogP contribution in [-0.2, 0) is 10.8 Å². The first kappa shape index (κ1) is 20.0. The van der Waals surface area contributed by atoms with E-state index in [1.807, 2.05) is 6.07 Å². The molecule has 1 rings (SSSR count). The normalized spacial score (nSPS) is 14.7. The first-order valence-corrected chi connectivity index (χ1v) is 11.4. The van der Waals surface area contributed by atoms with Gasteiger partial charge in [0.05, 0.1) is 6.10 Å². The molecular formula is C20H32O2Si. The molecule has 0 aliphatic carbocycles. The third-order valence-electron chi connectivity index (χ3n) is 4.78. The fraction of sp³-hybridized carbons (Fsp3) is 0.600. The number of aryl methyl sites for hydroxylation is 1. The number of hydrogen-bond donors (Lipinski definition) is 1. The van der Waals surface area contributed by atoms with E-state index in [1.54, 1.807) is 0 Å². The van der Waals surface area contributed by atoms with E-state index >= 15 is 0 Å². The molecule has 0 aromatic heterocycles. The molecule has 1 aromatic carbocycles. The average molecular weight is 333 g/mol. The molecule has 0 fully saturated rings. The lowest BCUT2D eigenvalue weighted by Gasteiger charge is -2.40. The molecule has 2 nitrogen and oxygen atoms in total. The van der Waals surface area contributed by atoms with Crippen molar-refractivity contribution in [3.63, 3.8) is 0 Å². The Hall–Kier alpha value is -1.08. The molecule has 0 spiro atoms. The van der Waals surface area contributed by atoms with Crippen LogP contribution in [0, 0.1) is 17.8 Å². The summed E-state index contributed by atoms with van der Waals surface area (Å²) in [6, 6.07) is 10.5. The van der Waals surface area contributed by atoms with E-state index in [4.69, 9.17) is 9.53 Å². The summed E-state index contributed by atoms with van der Waals surface area (Å²) in [6.45, 7) is 13.4. The van der Waals surface area contributed by atoms with Gasteiger partial charge in [0, 0.05) is 5.92 Å². The lowest BCUT2D eigenvalue weighted by Crippen LogP contribution is -2.45. The highest BCUT2D eigenvalue weighted by molar-refractivity contribution is 6.74. The highest BCUT2D eigenvalue weighted by Gasteiger charge is 2.39. The lowest BCUT2D eigenvalue weighted by molar-refractivity contribution is 0.140. The van der Waals surface area contributed by atoms with Gasteiger partial charge in [-0.05, 0) is 43.5 Å². The second kappa shape index (κ2) is 8.68. The van der Waals surface area contributed by atoms with E-state index in [2.05, 4.69) is 76.9 Å². The van der Waals surface area contributed by atoms with Gasteiger partial charge in [-0.15, -0.1) is 0 Å². The monoisotopic (exact) mass is 332 g/mol. The van der Waals surface area contributed by atoms with Crippen molar-refractivity contribution in [2.75, 3.05) is 6.61 Å². The Labute approximate surface area is 143 Å². The molecule has 0 aliphatic heterocycles. The molecule has 2 atom stereocenters. The van der Waals surface area contributed by atoms with Crippen molar-refractivity contribution in [3.05, 3.63) is 35.9 Å². The molecule has 0 unspecified atom stereocenters. The van der Waals surface area contributed by atoms with E-state index in [-0.39, 0.29) is 23.7 Å². The molecular weight excluding hydrogens is 300 g/mol. The zero-order valence-electron chi connectivity index (χ0n) is 15.5. The largest absolute Gasteiger partial charge is 0.413 e. The second-order valence-corrected chi connectivity index (χ2v) is 12.5. The van der Waals surface area contributed by atoms with Gasteiger partial charge < -0.3 is 9.53 Å². The van der Waals surface area contributed by atoms with Crippen molar-refractivity contribution < 1.29 is 9.53 Å². The molecule has 0 bridgehead atoms. The number of benzene rings is 1. The smallest absolute Gasteiger partial charge is 0.192 e. The van der Waals surface area contributed by atoms with Gasteiger partial charge >= 0.3 is 0 Å². The molecule has 23 heavy (non-hydrogen) atoms. The Morgan fingerprint density at radius 3 is 2.30 bits per heavy atom. The molecule has 0 aliphatic rings. The molecule has 0 heterocycles. The van der Waals surface area contributed by atoms with Gasteiger partial charge in [-0.25, -0.2) is 0 Å². The predicted octanol–water partition coefficient (Wildman–Crippen LogP) is 4.64. The minimum Gasteiger partial charge on any atom is -0.413 e. The first-order valence-electron chi connectivity index (χ1n) is 8.48. The summed E-state index contributed by atoms with van der Waals surface area (Å²) in [5, 5.41) is 9.14. The van der Waals surface area contributed by atoms with Gasteiger partial charge in [0.15, 0.2) is 8.32 Å². The van der Waals surface area contributed by atoms with Gasteiger partial charge in [0.1, 0.15) is 6.61 Å². The van der Waals surface area contributed by atoms with Crippen LogP contribution in [0.3, 0.4) is 0 Å². The predicted molar refractivity (Wildman–Crippen MR) is 101 cm³/mol. The highest BCUT2D eigenvalue weighted by Crippen LogP contribution is 2.38. The van der Waals surface area contributed by atoms with E-state index < -0.39 is 8.32 Å². The highest BCUT2D eigenvalue weighted by atomic mass is 28.4. The van der Waals surface area contributed by atoms with Crippen molar-refractivity contribution in [1.29, 1.82) is 0 Å². The van der Waals surface area contributed by atoms with Gasteiger partial charge in [-0.1, -0.05) is 62.9 Å². The topological polar surface area (TPSA) is 29.5 Å². The maximum absolute atomic E-state index is 8.96. The third kappa shape index (κ3) is 6.51. The number of aliphatic hydroxyl groups is 1. The van der Waals surface area contributed by atoms with E-state index in [9.17, 15) is 0 Å². The molecule has 0 amide bonds. The summed E-state index contributed by atoms with van der Waals surface area (Å²) < 4.78 is 6.64. The summed E-state index contributed by atoms with van der Waals surface area (Å²) in [6.07, 6.45) is 2.05. The van der Waals surface area contributed by atoms with Crippen LogP contribution in [0.5, 0.6) is 0 Å². The van der Waals surface area contributed by atoms with Crippen LogP contribution < -0.4 is 0 Å². The van der Waals surface area contributed by atoms with Crippen molar-refractivity contribution in [3.8, 4) is 11.8 Å². The molecule has 0 radical (unpaired) electrons. The van der Waals surface area contributed by atoms with E-state index in [0.717, 1.165) is 12.8 Å². The van der Waals surface area contributed by atoms with Crippen LogP contribution >= 0.6 is 0 Å². The molecule has 1 aromatic rings. The van der Waals surface area contributed by atoms with Crippen LogP contribution in [0.25, 0.3) is 0 Å². The summed E-state index contributed by atoms with van der Waals surface area (Å²) in [5.74, 6) is 6.06. The van der Waals surface area contributed by atoms with Crippen molar-refractivity contribution in [1.82, 2.24) is 0 Å². The lowest BCUT2D eigenvalue weighted by atomic mass is 9.98. The van der Waals surface area contributed by atoms with Crippen LogP contribution in [0.1, 0.15) is 39.7 Å². The fourth-order valence-corrected chi connectivity index (χ4v) is 3.65. The van der Waals surface area contributed by atoms with Gasteiger partial charge in [0.2, 0.25) is 0 Å². The Morgan fingerprint density at radius 2 is 1.78 bits per heavy atom. The van der Waals surface area contributed by atoms with Gasteiger partial charge in [-0.2, -0.15) is 0 Å². The van der Waals surface area contributed by atoms with Gasteiger partial charge in [-0.3, -0.25) is 0 Å². The third-order valence-corrected chi connectivity index (χ3v) is 9.28. The Morgan fingerprint density at radius 1 is 1.17 bits per heavy atom. The summed E-state index contributed by atoms with van der Waals surface area (Å²) >= 11 is 0. The quantitative estimate of drug-likeness (QED) is 0.607. The minimum absolute atomic E-state index is 0.0875. The Balaban J connectivity index is 2.84. The minimum atomic E-state index is -1.84. The van der Waals surface area contributed by atoms with Crippen molar-refractivity contribution >= 4 is 8.32 Å². The molecule has 3 heteroatoms. The first-order chi connectivity index (χ1) is 10.7. The Kier molecular flexibility index (Phi) is 7.53. The van der Waals surface area contributed by atoms with Crippen molar-refractivity contribution in [2.45, 2.75) is 64.8 Å². The zero-order valence-corrected chi connectivity index (χ0v) is 16.5. The maximum Gasteiger partial charge on any atom is 0.192 e. The number of aliphatic hydroxyl groups excluding tert-OH is 1. The van der Waals surface area contributed by atoms with E-state index in [1.165, 1.54) is 5.56 Å². The summed E-state index contributed by atoms with van der Waals surface area (Å²) in [4.78, 5) is 0. The maximum atomic E-state index is 8.96. The summed E-state index contributed by atoms with van der Waals surface area (Å²) in [5.41, 5.74) is 1.33. The van der Waals surface area contributed by atoms with Crippen LogP contribution in [0.4, 0.5) is 0 Å². The Bertz CT molecular complexity index is 520. The van der Waals surface area contributed by atoms with Gasteiger partial charge in [0.25, 0.3) is 0 Å². The molecule has 0 saturated heterocycles. The standard InChI is InChI=1S/C20H32O2Si/c1-17(11-10-16-21)19(22-23(5,6)20(2,3)4)15-14-18-12-8-7-9-13-18/h7-9,12-13,17,19,21H,14-16H2,1-6H3/t17-,19+/m1/s1. The second-order valence-electron chi connectivity index (χ2n) is 7.71. The molecule has 1 N–H and O–H groups in total. The number of hydrogen-bond acceptors (Lipinski definition) is 2. The zero-order chi connectivity index (χ0) is 17.5. The van der Waals surface area contributed by atoms with Crippen LogP contribution in [0.2, 0.25) is 18.1 Å². The average Bonchev–Trinajstić information content (AvgIpc) is 2.48. The van der Waals surface area contributed by atoms with Crippen molar-refractivity contribution in [2.24, 2.45) is 5.92 Å². The number of rotatable bonds is 6.